The minimum absolute atomic E-state index is 0.0686. The van der Waals surface area contributed by atoms with Crippen LogP contribution in [0.1, 0.15) is 29.6 Å². The molecule has 1 aliphatic heterocycles. The van der Waals surface area contributed by atoms with Gasteiger partial charge >= 0.3 is 0 Å². The normalized spacial score (nSPS) is 13.7. The van der Waals surface area contributed by atoms with Crippen LogP contribution >= 0.6 is 50.7 Å². The van der Waals surface area contributed by atoms with E-state index in [1.54, 1.807) is 12.1 Å². The van der Waals surface area contributed by atoms with Crippen LogP contribution in [0.4, 0.5) is 17.1 Å². The first-order valence-corrected chi connectivity index (χ1v) is 11.2. The molecular formula is C19H18BrIN4O3S. The van der Waals surface area contributed by atoms with Crippen molar-refractivity contribution in [1.82, 2.24) is 5.32 Å². The van der Waals surface area contributed by atoms with Gasteiger partial charge in [0.2, 0.25) is 0 Å². The van der Waals surface area contributed by atoms with Crippen molar-refractivity contribution >= 4 is 78.8 Å². The van der Waals surface area contributed by atoms with Crippen molar-refractivity contribution in [3.63, 3.8) is 0 Å². The fraction of sp³-hybridized carbons (Fsp3) is 0.263. The van der Waals surface area contributed by atoms with Gasteiger partial charge in [-0.2, -0.15) is 0 Å². The van der Waals surface area contributed by atoms with Crippen molar-refractivity contribution in [2.45, 2.75) is 19.3 Å². The van der Waals surface area contributed by atoms with Gasteiger partial charge in [0, 0.05) is 32.8 Å². The maximum absolute atomic E-state index is 12.6. The summed E-state index contributed by atoms with van der Waals surface area (Å²) in [5.74, 6) is -0.497. The highest BCUT2D eigenvalue weighted by Crippen LogP contribution is 2.31. The summed E-state index contributed by atoms with van der Waals surface area (Å²) in [7, 11) is 0. The zero-order valence-electron chi connectivity index (χ0n) is 15.3. The van der Waals surface area contributed by atoms with Gasteiger partial charge in [0.1, 0.15) is 5.69 Å². The van der Waals surface area contributed by atoms with Crippen molar-refractivity contribution in [1.29, 1.82) is 0 Å². The number of amides is 1. The molecule has 0 saturated carbocycles. The monoisotopic (exact) mass is 588 g/mol. The van der Waals surface area contributed by atoms with Crippen LogP contribution < -0.4 is 15.5 Å². The van der Waals surface area contributed by atoms with Crippen LogP contribution in [0.3, 0.4) is 0 Å². The molecule has 2 N–H and O–H groups in total. The molecule has 2 aromatic carbocycles. The second kappa shape index (κ2) is 9.81. The molecule has 1 fully saturated rings. The maximum Gasteiger partial charge on any atom is 0.293 e. The lowest BCUT2D eigenvalue weighted by molar-refractivity contribution is -0.384. The van der Waals surface area contributed by atoms with Crippen molar-refractivity contribution in [3.05, 3.63) is 60.1 Å². The van der Waals surface area contributed by atoms with E-state index < -0.39 is 10.8 Å². The molecule has 0 unspecified atom stereocenters. The van der Waals surface area contributed by atoms with Gasteiger partial charge in [-0.25, -0.2) is 0 Å². The molecule has 1 saturated heterocycles. The van der Waals surface area contributed by atoms with Crippen LogP contribution in [-0.2, 0) is 0 Å². The van der Waals surface area contributed by atoms with E-state index in [2.05, 4.69) is 49.2 Å². The molecule has 0 bridgehead atoms. The number of nitrogens with zero attached hydrogens (tertiary/aromatic N) is 2. The highest BCUT2D eigenvalue weighted by atomic mass is 127. The van der Waals surface area contributed by atoms with E-state index >= 15 is 0 Å². The van der Waals surface area contributed by atoms with E-state index in [0.717, 1.165) is 46.1 Å². The molecular weight excluding hydrogens is 571 g/mol. The molecule has 1 heterocycles. The molecule has 2 aromatic rings. The lowest BCUT2D eigenvalue weighted by Gasteiger charge is -2.28. The molecule has 0 aliphatic carbocycles. The van der Waals surface area contributed by atoms with Gasteiger partial charge < -0.3 is 10.2 Å². The highest BCUT2D eigenvalue weighted by molar-refractivity contribution is 14.1. The van der Waals surface area contributed by atoms with E-state index in [1.165, 1.54) is 6.07 Å². The minimum atomic E-state index is -0.497. The summed E-state index contributed by atoms with van der Waals surface area (Å²) >= 11 is 10.8. The molecule has 1 aliphatic rings. The van der Waals surface area contributed by atoms with Gasteiger partial charge in [-0.05, 0) is 84.4 Å². The average Bonchev–Trinajstić information content (AvgIpc) is 2.70. The standard InChI is InChI=1S/C19H18BrIN4O3S/c20-13-5-6-15(14(21)11-13)22-19(29)23-18(26)12-4-7-16(17(10-12)25(27)28)24-8-2-1-3-9-24/h4-7,10-11H,1-3,8-9H2,(H2,22,23,26,29). The number of nitro groups is 1. The van der Waals surface area contributed by atoms with Crippen molar-refractivity contribution in [2.24, 2.45) is 0 Å². The predicted molar refractivity (Wildman–Crippen MR) is 130 cm³/mol. The van der Waals surface area contributed by atoms with Crippen molar-refractivity contribution in [3.8, 4) is 0 Å². The predicted octanol–water partition coefficient (Wildman–Crippen LogP) is 5.08. The van der Waals surface area contributed by atoms with Crippen molar-refractivity contribution in [2.75, 3.05) is 23.3 Å². The number of nitro benzene ring substituents is 1. The molecule has 152 valence electrons. The van der Waals surface area contributed by atoms with E-state index in [0.29, 0.717) is 5.69 Å². The van der Waals surface area contributed by atoms with Crippen LogP contribution in [0.15, 0.2) is 40.9 Å². The summed E-state index contributed by atoms with van der Waals surface area (Å²) in [5.41, 5.74) is 1.43. The molecule has 0 spiro atoms. The average molecular weight is 589 g/mol. The smallest absolute Gasteiger partial charge is 0.293 e. The second-order valence-corrected chi connectivity index (χ2v) is 9.03. The number of anilines is 2. The molecule has 29 heavy (non-hydrogen) atoms. The van der Waals surface area contributed by atoms with E-state index in [-0.39, 0.29) is 16.4 Å². The molecule has 0 radical (unpaired) electrons. The first-order chi connectivity index (χ1) is 13.8. The van der Waals surface area contributed by atoms with E-state index in [4.69, 9.17) is 12.2 Å². The van der Waals surface area contributed by atoms with Crippen LogP contribution in [0.2, 0.25) is 0 Å². The number of nitrogens with one attached hydrogen (secondary N) is 2. The number of thiocarbonyl (C=S) groups is 1. The number of benzene rings is 2. The lowest BCUT2D eigenvalue weighted by atomic mass is 10.1. The Morgan fingerprint density at radius 2 is 1.90 bits per heavy atom. The fourth-order valence-corrected chi connectivity index (χ4v) is 4.77. The Bertz CT molecular complexity index is 966. The number of carbonyl (C=O) groups excluding carboxylic acids is 1. The van der Waals surface area contributed by atoms with Gasteiger partial charge in [0.15, 0.2) is 5.11 Å². The number of hydrogen-bond acceptors (Lipinski definition) is 5. The van der Waals surface area contributed by atoms with Gasteiger partial charge in [0.25, 0.3) is 11.6 Å². The largest absolute Gasteiger partial charge is 0.366 e. The topological polar surface area (TPSA) is 87.5 Å². The van der Waals surface area contributed by atoms with Gasteiger partial charge in [-0.3, -0.25) is 20.2 Å². The Morgan fingerprint density at radius 1 is 1.17 bits per heavy atom. The fourth-order valence-electron chi connectivity index (χ4n) is 3.13. The Morgan fingerprint density at radius 3 is 2.55 bits per heavy atom. The number of piperidine rings is 1. The van der Waals surface area contributed by atoms with Crippen LogP contribution in [0, 0.1) is 13.7 Å². The summed E-state index contributed by atoms with van der Waals surface area (Å²) in [5, 5.41) is 17.2. The van der Waals surface area contributed by atoms with Gasteiger partial charge in [-0.15, -0.1) is 0 Å². The molecule has 3 rings (SSSR count). The van der Waals surface area contributed by atoms with Crippen LogP contribution in [0.25, 0.3) is 0 Å². The number of hydrogen-bond donors (Lipinski definition) is 2. The summed E-state index contributed by atoms with van der Waals surface area (Å²) in [6, 6.07) is 10.2. The molecule has 7 nitrogen and oxygen atoms in total. The summed E-state index contributed by atoms with van der Waals surface area (Å²) in [6.07, 6.45) is 3.15. The summed E-state index contributed by atoms with van der Waals surface area (Å²) in [6.45, 7) is 1.57. The molecule has 10 heteroatoms. The lowest BCUT2D eigenvalue weighted by Crippen LogP contribution is -2.34. The number of rotatable bonds is 4. The first kappa shape index (κ1) is 21.9. The van der Waals surface area contributed by atoms with Crippen LogP contribution in [-0.4, -0.2) is 29.0 Å². The van der Waals surface area contributed by atoms with E-state index in [1.807, 2.05) is 23.1 Å². The van der Waals surface area contributed by atoms with Crippen LogP contribution in [0.5, 0.6) is 0 Å². The van der Waals surface area contributed by atoms with Gasteiger partial charge in [0.05, 0.1) is 10.6 Å². The second-order valence-electron chi connectivity index (χ2n) is 6.54. The molecule has 0 aromatic heterocycles. The quantitative estimate of drug-likeness (QED) is 0.224. The maximum atomic E-state index is 12.6. The van der Waals surface area contributed by atoms with Gasteiger partial charge in [-0.1, -0.05) is 15.9 Å². The van der Waals surface area contributed by atoms with E-state index in [9.17, 15) is 14.9 Å². The SMILES string of the molecule is O=C(NC(=S)Nc1ccc(Br)cc1I)c1ccc(N2CCCCC2)c([N+](=O)[O-])c1. The van der Waals surface area contributed by atoms with Crippen molar-refractivity contribution < 1.29 is 9.72 Å². The summed E-state index contributed by atoms with van der Waals surface area (Å²) < 4.78 is 1.86. The zero-order chi connectivity index (χ0) is 21.0. The summed E-state index contributed by atoms with van der Waals surface area (Å²) in [4.78, 5) is 25.7. The Hall–Kier alpha value is -1.79. The number of carbonyl (C=O) groups is 1. The third-order valence-corrected chi connectivity index (χ3v) is 6.13. The Balaban J connectivity index is 1.73. The molecule has 1 amide bonds. The highest BCUT2D eigenvalue weighted by Gasteiger charge is 2.23. The third kappa shape index (κ3) is 5.64. The minimum Gasteiger partial charge on any atom is -0.366 e. The Labute approximate surface area is 195 Å². The molecule has 0 atom stereocenters. The zero-order valence-corrected chi connectivity index (χ0v) is 19.8. The number of halogens is 2. The Kier molecular flexibility index (Phi) is 7.41. The third-order valence-electron chi connectivity index (χ3n) is 4.54. The first-order valence-electron chi connectivity index (χ1n) is 8.96.